The van der Waals surface area contributed by atoms with Crippen LogP contribution in [-0.4, -0.2) is 51.4 Å². The summed E-state index contributed by atoms with van der Waals surface area (Å²) >= 11 is 1.14. The highest BCUT2D eigenvalue weighted by Gasteiger charge is 2.28. The van der Waals surface area contributed by atoms with Crippen molar-refractivity contribution >= 4 is 33.0 Å². The average molecular weight is 380 g/mol. The summed E-state index contributed by atoms with van der Waals surface area (Å²) in [5, 5.41) is 1.70. The van der Waals surface area contributed by atoms with Crippen LogP contribution in [0.2, 0.25) is 0 Å². The van der Waals surface area contributed by atoms with Crippen LogP contribution >= 0.6 is 11.3 Å². The number of thiophene rings is 1. The van der Waals surface area contributed by atoms with Gasteiger partial charge in [0.25, 0.3) is 10.0 Å². The number of hydrogen-bond acceptors (Lipinski definition) is 5. The molecule has 0 aliphatic carbocycles. The summed E-state index contributed by atoms with van der Waals surface area (Å²) in [7, 11) is -3.64. The Morgan fingerprint density at radius 2 is 1.76 bits per heavy atom. The van der Waals surface area contributed by atoms with Gasteiger partial charge in [0.15, 0.2) is 0 Å². The summed E-state index contributed by atoms with van der Waals surface area (Å²) in [4.78, 5) is 16.5. The third kappa shape index (κ3) is 4.20. The van der Waals surface area contributed by atoms with E-state index >= 15 is 0 Å². The molecule has 1 saturated heterocycles. The molecule has 2 aromatic rings. The summed E-state index contributed by atoms with van der Waals surface area (Å²) in [6.45, 7) is 4.23. The predicted octanol–water partition coefficient (Wildman–Crippen LogP) is 1.76. The zero-order valence-electron chi connectivity index (χ0n) is 14.0. The number of amides is 1. The molecule has 0 bridgehead atoms. The molecule has 134 valence electrons. The lowest BCUT2D eigenvalue weighted by Crippen LogP contribution is -2.54. The minimum Gasteiger partial charge on any atom is -0.368 e. The van der Waals surface area contributed by atoms with E-state index in [0.717, 1.165) is 30.1 Å². The van der Waals surface area contributed by atoms with Gasteiger partial charge in [0.1, 0.15) is 4.21 Å². The topological polar surface area (TPSA) is 69.7 Å². The lowest BCUT2D eigenvalue weighted by atomic mass is 10.2. The number of nitrogens with zero attached hydrogens (tertiary/aromatic N) is 2. The number of carbonyl (C=O) groups excluding carboxylic acids is 1. The van der Waals surface area contributed by atoms with Crippen LogP contribution in [0.25, 0.3) is 0 Å². The van der Waals surface area contributed by atoms with Gasteiger partial charge in [-0.25, -0.2) is 8.42 Å². The average Bonchev–Trinajstić information content (AvgIpc) is 3.17. The normalized spacial score (nSPS) is 16.7. The first-order valence-corrected chi connectivity index (χ1v) is 10.5. The van der Waals surface area contributed by atoms with E-state index < -0.39 is 16.1 Å². The zero-order chi connectivity index (χ0) is 17.9. The molecule has 1 aliphatic rings. The van der Waals surface area contributed by atoms with E-state index in [1.165, 1.54) is 6.07 Å². The molecule has 1 aliphatic heterocycles. The first kappa shape index (κ1) is 17.9. The van der Waals surface area contributed by atoms with Crippen molar-refractivity contribution in [3.8, 4) is 0 Å². The summed E-state index contributed by atoms with van der Waals surface area (Å²) < 4.78 is 27.2. The molecule has 1 aromatic heterocycles. The molecule has 1 amide bonds. The Kier molecular flexibility index (Phi) is 5.41. The van der Waals surface area contributed by atoms with E-state index in [1.54, 1.807) is 23.3 Å². The molecule has 1 fully saturated rings. The van der Waals surface area contributed by atoms with Crippen molar-refractivity contribution in [3.63, 3.8) is 0 Å². The summed E-state index contributed by atoms with van der Waals surface area (Å²) in [6.07, 6.45) is 0. The van der Waals surface area contributed by atoms with Gasteiger partial charge in [0.05, 0.1) is 6.04 Å². The predicted molar refractivity (Wildman–Crippen MR) is 99.3 cm³/mol. The number of piperazine rings is 1. The van der Waals surface area contributed by atoms with Crippen LogP contribution in [0.4, 0.5) is 5.69 Å². The minimum absolute atomic E-state index is 0.187. The Labute approximate surface area is 152 Å². The number of para-hydroxylation sites is 1. The smallest absolute Gasteiger partial charge is 0.250 e. The van der Waals surface area contributed by atoms with Gasteiger partial charge >= 0.3 is 0 Å². The third-order valence-electron chi connectivity index (χ3n) is 4.17. The van der Waals surface area contributed by atoms with Crippen molar-refractivity contribution in [2.45, 2.75) is 17.2 Å². The molecule has 25 heavy (non-hydrogen) atoms. The Balaban J connectivity index is 1.57. The van der Waals surface area contributed by atoms with Crippen molar-refractivity contribution < 1.29 is 13.2 Å². The molecular formula is C17H21N3O3S2. The number of carbonyl (C=O) groups is 1. The molecule has 0 spiro atoms. The van der Waals surface area contributed by atoms with E-state index in [2.05, 4.69) is 21.8 Å². The largest absolute Gasteiger partial charge is 0.368 e. The van der Waals surface area contributed by atoms with Crippen LogP contribution in [0.15, 0.2) is 52.1 Å². The van der Waals surface area contributed by atoms with Crippen LogP contribution in [0.3, 0.4) is 0 Å². The molecule has 0 unspecified atom stereocenters. The molecule has 1 atom stereocenters. The molecule has 0 saturated carbocycles. The molecule has 2 heterocycles. The second-order valence-corrected chi connectivity index (χ2v) is 8.81. The highest BCUT2D eigenvalue weighted by atomic mass is 32.2. The van der Waals surface area contributed by atoms with E-state index in [0.29, 0.717) is 13.1 Å². The molecule has 1 aromatic carbocycles. The van der Waals surface area contributed by atoms with Crippen LogP contribution in [0, 0.1) is 0 Å². The van der Waals surface area contributed by atoms with Crippen LogP contribution in [0.1, 0.15) is 6.92 Å². The monoisotopic (exact) mass is 379 g/mol. The fourth-order valence-electron chi connectivity index (χ4n) is 2.86. The fraction of sp³-hybridized carbons (Fsp3) is 0.353. The van der Waals surface area contributed by atoms with Gasteiger partial charge in [-0.05, 0) is 30.5 Å². The molecule has 0 radical (unpaired) electrons. The van der Waals surface area contributed by atoms with Gasteiger partial charge in [0, 0.05) is 31.9 Å². The third-order valence-corrected chi connectivity index (χ3v) is 7.11. The first-order valence-electron chi connectivity index (χ1n) is 8.12. The van der Waals surface area contributed by atoms with Crippen molar-refractivity contribution in [3.05, 3.63) is 47.8 Å². The molecular weight excluding hydrogens is 358 g/mol. The highest BCUT2D eigenvalue weighted by Crippen LogP contribution is 2.18. The van der Waals surface area contributed by atoms with E-state index in [9.17, 15) is 13.2 Å². The SMILES string of the molecule is C[C@@H](NS(=O)(=O)c1cccs1)C(=O)N1CCN(c2ccccc2)CC1. The second kappa shape index (κ2) is 7.55. The number of benzene rings is 1. The highest BCUT2D eigenvalue weighted by molar-refractivity contribution is 7.91. The van der Waals surface area contributed by atoms with Crippen molar-refractivity contribution in [1.29, 1.82) is 0 Å². The van der Waals surface area contributed by atoms with Crippen LogP contribution in [0.5, 0.6) is 0 Å². The van der Waals surface area contributed by atoms with E-state index in [-0.39, 0.29) is 10.1 Å². The molecule has 8 heteroatoms. The number of anilines is 1. The molecule has 3 rings (SSSR count). The number of nitrogens with one attached hydrogen (secondary N) is 1. The van der Waals surface area contributed by atoms with Crippen LogP contribution in [-0.2, 0) is 14.8 Å². The van der Waals surface area contributed by atoms with Gasteiger partial charge in [-0.2, -0.15) is 4.72 Å². The second-order valence-electron chi connectivity index (χ2n) is 5.92. The minimum atomic E-state index is -3.64. The Bertz CT molecular complexity index is 799. The maximum Gasteiger partial charge on any atom is 0.250 e. The van der Waals surface area contributed by atoms with Crippen molar-refractivity contribution in [1.82, 2.24) is 9.62 Å². The maximum atomic E-state index is 12.6. The Morgan fingerprint density at radius 3 is 2.36 bits per heavy atom. The first-order chi connectivity index (χ1) is 12.0. The van der Waals surface area contributed by atoms with Gasteiger partial charge in [0.2, 0.25) is 5.91 Å². The fourth-order valence-corrected chi connectivity index (χ4v) is 5.06. The lowest BCUT2D eigenvalue weighted by molar-refractivity contribution is -0.132. The quantitative estimate of drug-likeness (QED) is 0.860. The maximum absolute atomic E-state index is 12.6. The Hall–Kier alpha value is -1.90. The van der Waals surface area contributed by atoms with Crippen molar-refractivity contribution in [2.75, 3.05) is 31.1 Å². The Morgan fingerprint density at radius 1 is 1.08 bits per heavy atom. The van der Waals surface area contributed by atoms with Gasteiger partial charge in [-0.1, -0.05) is 24.3 Å². The van der Waals surface area contributed by atoms with E-state index in [1.807, 2.05) is 18.2 Å². The number of rotatable bonds is 5. The summed E-state index contributed by atoms with van der Waals surface area (Å²) in [6, 6.07) is 12.5. The lowest BCUT2D eigenvalue weighted by Gasteiger charge is -2.37. The zero-order valence-corrected chi connectivity index (χ0v) is 15.6. The van der Waals surface area contributed by atoms with Gasteiger partial charge < -0.3 is 9.80 Å². The van der Waals surface area contributed by atoms with Crippen molar-refractivity contribution in [2.24, 2.45) is 0 Å². The van der Waals surface area contributed by atoms with Crippen LogP contribution < -0.4 is 9.62 Å². The van der Waals surface area contributed by atoms with E-state index in [4.69, 9.17) is 0 Å². The van der Waals surface area contributed by atoms with Gasteiger partial charge in [-0.3, -0.25) is 4.79 Å². The van der Waals surface area contributed by atoms with Gasteiger partial charge in [-0.15, -0.1) is 11.3 Å². The number of hydrogen-bond donors (Lipinski definition) is 1. The molecule has 6 nitrogen and oxygen atoms in total. The summed E-state index contributed by atoms with van der Waals surface area (Å²) in [5.41, 5.74) is 1.14. The number of sulfonamides is 1. The molecule has 1 N–H and O–H groups in total. The summed E-state index contributed by atoms with van der Waals surface area (Å²) in [5.74, 6) is -0.187. The standard InChI is InChI=1S/C17H21N3O3S2/c1-14(18-25(22,23)16-8-5-13-24-16)17(21)20-11-9-19(10-12-20)15-6-3-2-4-7-15/h2-8,13-14,18H,9-12H2,1H3/t14-/m1/s1.